The molecule has 0 unspecified atom stereocenters. The zero-order valence-corrected chi connectivity index (χ0v) is 18.8. The van der Waals surface area contributed by atoms with Gasteiger partial charge in [-0.3, -0.25) is 4.90 Å². The van der Waals surface area contributed by atoms with Gasteiger partial charge in [0.2, 0.25) is 11.9 Å². The van der Waals surface area contributed by atoms with Crippen LogP contribution in [0, 0.1) is 13.8 Å². The van der Waals surface area contributed by atoms with Crippen LogP contribution in [0.4, 0.5) is 17.6 Å². The van der Waals surface area contributed by atoms with Gasteiger partial charge >= 0.3 is 0 Å². The Labute approximate surface area is 187 Å². The summed E-state index contributed by atoms with van der Waals surface area (Å²) < 4.78 is 0. The van der Waals surface area contributed by atoms with Crippen molar-refractivity contribution >= 4 is 29.3 Å². The highest BCUT2D eigenvalue weighted by Crippen LogP contribution is 2.31. The molecule has 2 heterocycles. The second-order valence-corrected chi connectivity index (χ2v) is 8.72. The Morgan fingerprint density at radius 3 is 2.42 bits per heavy atom. The van der Waals surface area contributed by atoms with Crippen molar-refractivity contribution in [1.82, 2.24) is 19.9 Å². The molecule has 0 bridgehead atoms. The Hall–Kier alpha value is -2.68. The Morgan fingerprint density at radius 2 is 1.71 bits per heavy atom. The van der Waals surface area contributed by atoms with Crippen LogP contribution in [0.3, 0.4) is 0 Å². The average Bonchev–Trinajstić information content (AvgIpc) is 2.77. The van der Waals surface area contributed by atoms with Crippen molar-refractivity contribution < 1.29 is 5.11 Å². The van der Waals surface area contributed by atoms with E-state index < -0.39 is 0 Å². The summed E-state index contributed by atoms with van der Waals surface area (Å²) in [6.07, 6.45) is 0. The van der Waals surface area contributed by atoms with Crippen LogP contribution in [0.25, 0.3) is 0 Å². The molecule has 2 aromatic carbocycles. The van der Waals surface area contributed by atoms with Crippen molar-refractivity contribution in [2.24, 2.45) is 0 Å². The lowest BCUT2D eigenvalue weighted by molar-refractivity contribution is 0.188. The van der Waals surface area contributed by atoms with Crippen LogP contribution in [-0.4, -0.2) is 64.3 Å². The molecule has 0 amide bonds. The van der Waals surface area contributed by atoms with Gasteiger partial charge in [0.05, 0.1) is 6.61 Å². The van der Waals surface area contributed by atoms with E-state index in [2.05, 4.69) is 79.5 Å². The van der Waals surface area contributed by atoms with Gasteiger partial charge < -0.3 is 15.3 Å². The minimum Gasteiger partial charge on any atom is -0.395 e. The lowest BCUT2D eigenvalue weighted by Crippen LogP contribution is -2.47. The number of aryl methyl sites for hydroxylation is 2. The molecule has 8 heteroatoms. The van der Waals surface area contributed by atoms with Gasteiger partial charge in [0, 0.05) is 48.2 Å². The number of rotatable bonds is 7. The molecule has 31 heavy (non-hydrogen) atoms. The third-order valence-corrected chi connectivity index (χ3v) is 6.23. The number of benzene rings is 2. The van der Waals surface area contributed by atoms with Crippen LogP contribution in [0.1, 0.15) is 11.4 Å². The smallest absolute Gasteiger partial charge is 0.232 e. The number of nitrogens with one attached hydrogen (secondary N) is 1. The zero-order valence-electron chi connectivity index (χ0n) is 18.0. The molecule has 7 nitrogen and oxygen atoms in total. The fourth-order valence-electron chi connectivity index (χ4n) is 3.56. The van der Waals surface area contributed by atoms with Crippen LogP contribution in [-0.2, 0) is 0 Å². The van der Waals surface area contributed by atoms with Crippen molar-refractivity contribution in [2.45, 2.75) is 23.6 Å². The molecule has 0 atom stereocenters. The molecule has 0 spiro atoms. The minimum atomic E-state index is 0.195. The van der Waals surface area contributed by atoms with E-state index in [-0.39, 0.29) is 6.61 Å². The van der Waals surface area contributed by atoms with Crippen molar-refractivity contribution in [3.8, 4) is 0 Å². The first-order valence-electron chi connectivity index (χ1n) is 10.5. The standard InChI is InChI=1S/C23H28N6OS/c1-17-16-20(31-19-6-4-3-5-7-19)8-9-21(17)26-22-24-18(2)25-23(27-22)29-12-10-28(11-13-29)14-15-30/h3-9,16,30H,10-15H2,1-2H3,(H,24,25,26,27). The van der Waals surface area contributed by atoms with Crippen LogP contribution in [0.15, 0.2) is 58.3 Å². The van der Waals surface area contributed by atoms with Crippen LogP contribution in [0.2, 0.25) is 0 Å². The number of aliphatic hydroxyl groups excluding tert-OH is 1. The maximum atomic E-state index is 9.13. The Kier molecular flexibility index (Phi) is 7.01. The molecule has 2 N–H and O–H groups in total. The SMILES string of the molecule is Cc1nc(Nc2ccc(Sc3ccccc3)cc2C)nc(N2CCN(CCO)CC2)n1. The first-order chi connectivity index (χ1) is 15.1. The van der Waals surface area contributed by atoms with Gasteiger partial charge in [-0.2, -0.15) is 15.0 Å². The first kappa shape index (κ1) is 21.5. The lowest BCUT2D eigenvalue weighted by Gasteiger charge is -2.34. The molecule has 1 aliphatic heterocycles. The predicted octanol–water partition coefficient (Wildman–Crippen LogP) is 3.50. The van der Waals surface area contributed by atoms with Crippen molar-refractivity contribution in [3.05, 3.63) is 59.9 Å². The van der Waals surface area contributed by atoms with E-state index in [1.54, 1.807) is 11.8 Å². The van der Waals surface area contributed by atoms with Gasteiger partial charge in [0.25, 0.3) is 0 Å². The van der Waals surface area contributed by atoms with E-state index in [1.807, 2.05) is 13.0 Å². The van der Waals surface area contributed by atoms with E-state index >= 15 is 0 Å². The summed E-state index contributed by atoms with van der Waals surface area (Å²) in [5.41, 5.74) is 2.12. The minimum absolute atomic E-state index is 0.195. The lowest BCUT2D eigenvalue weighted by atomic mass is 10.2. The summed E-state index contributed by atoms with van der Waals surface area (Å²) in [7, 11) is 0. The average molecular weight is 437 g/mol. The van der Waals surface area contributed by atoms with E-state index in [1.165, 1.54) is 9.79 Å². The van der Waals surface area contributed by atoms with Gasteiger partial charge in [-0.1, -0.05) is 30.0 Å². The first-order valence-corrected chi connectivity index (χ1v) is 11.3. The normalized spacial score (nSPS) is 14.6. The Morgan fingerprint density at radius 1 is 0.935 bits per heavy atom. The van der Waals surface area contributed by atoms with E-state index in [0.717, 1.165) is 37.4 Å². The third kappa shape index (κ3) is 5.72. The van der Waals surface area contributed by atoms with E-state index in [9.17, 15) is 0 Å². The molecule has 4 rings (SSSR count). The Balaban J connectivity index is 1.45. The number of hydrogen-bond acceptors (Lipinski definition) is 8. The second-order valence-electron chi connectivity index (χ2n) is 7.58. The van der Waals surface area contributed by atoms with Gasteiger partial charge in [0.1, 0.15) is 5.82 Å². The molecule has 3 aromatic rings. The molecular weight excluding hydrogens is 408 g/mol. The fourth-order valence-corrected chi connectivity index (χ4v) is 4.50. The predicted molar refractivity (Wildman–Crippen MR) is 125 cm³/mol. The maximum absolute atomic E-state index is 9.13. The number of anilines is 3. The Bertz CT molecular complexity index is 1010. The highest BCUT2D eigenvalue weighted by molar-refractivity contribution is 7.99. The van der Waals surface area contributed by atoms with Crippen molar-refractivity contribution in [2.75, 3.05) is 49.5 Å². The molecular formula is C23H28N6OS. The number of β-amino-alcohol motifs (C(OH)–C–C–N with tert-alkyl or cyclic N) is 1. The van der Waals surface area contributed by atoms with E-state index in [4.69, 9.17) is 5.11 Å². The number of hydrogen-bond donors (Lipinski definition) is 2. The third-order valence-electron chi connectivity index (χ3n) is 5.23. The summed E-state index contributed by atoms with van der Waals surface area (Å²) in [4.78, 5) is 20.6. The zero-order chi connectivity index (χ0) is 21.6. The summed E-state index contributed by atoms with van der Waals surface area (Å²) in [6, 6.07) is 16.7. The highest BCUT2D eigenvalue weighted by atomic mass is 32.2. The second kappa shape index (κ2) is 10.1. The number of nitrogens with zero attached hydrogens (tertiary/aromatic N) is 5. The summed E-state index contributed by atoms with van der Waals surface area (Å²) >= 11 is 1.75. The molecule has 1 aromatic heterocycles. The topological polar surface area (TPSA) is 77.4 Å². The van der Waals surface area contributed by atoms with Crippen LogP contribution < -0.4 is 10.2 Å². The summed E-state index contributed by atoms with van der Waals surface area (Å²) in [5, 5.41) is 12.5. The van der Waals surface area contributed by atoms with Gasteiger partial charge in [-0.25, -0.2) is 0 Å². The summed E-state index contributed by atoms with van der Waals surface area (Å²) in [6.45, 7) is 8.37. The van der Waals surface area contributed by atoms with Gasteiger partial charge in [0.15, 0.2) is 0 Å². The molecule has 0 saturated carbocycles. The summed E-state index contributed by atoms with van der Waals surface area (Å²) in [5.74, 6) is 1.96. The van der Waals surface area contributed by atoms with Crippen LogP contribution in [0.5, 0.6) is 0 Å². The largest absolute Gasteiger partial charge is 0.395 e. The highest BCUT2D eigenvalue weighted by Gasteiger charge is 2.19. The van der Waals surface area contributed by atoms with Crippen molar-refractivity contribution in [3.63, 3.8) is 0 Å². The molecule has 1 aliphatic rings. The van der Waals surface area contributed by atoms with Gasteiger partial charge in [-0.05, 0) is 49.7 Å². The maximum Gasteiger partial charge on any atom is 0.232 e. The quantitative estimate of drug-likeness (QED) is 0.583. The fraction of sp³-hybridized carbons (Fsp3) is 0.348. The number of piperazine rings is 1. The molecule has 0 aliphatic carbocycles. The molecule has 0 radical (unpaired) electrons. The molecule has 1 saturated heterocycles. The van der Waals surface area contributed by atoms with Gasteiger partial charge in [-0.15, -0.1) is 0 Å². The van der Waals surface area contributed by atoms with Crippen molar-refractivity contribution in [1.29, 1.82) is 0 Å². The van der Waals surface area contributed by atoms with Crippen LogP contribution >= 0.6 is 11.8 Å². The number of aromatic nitrogens is 3. The van der Waals surface area contributed by atoms with E-state index in [0.29, 0.717) is 24.3 Å². The molecule has 162 valence electrons. The molecule has 1 fully saturated rings. The monoisotopic (exact) mass is 436 g/mol. The number of aliphatic hydroxyl groups is 1.